The molecule has 2 aromatic heterocycles. The summed E-state index contributed by atoms with van der Waals surface area (Å²) in [7, 11) is 0. The fraction of sp³-hybridized carbons (Fsp3) is 0. The summed E-state index contributed by atoms with van der Waals surface area (Å²) in [6.07, 6.45) is 1.70. The van der Waals surface area contributed by atoms with Crippen LogP contribution in [-0.2, 0) is 0 Å². The van der Waals surface area contributed by atoms with Crippen LogP contribution in [0.1, 0.15) is 0 Å². The van der Waals surface area contributed by atoms with Gasteiger partial charge in [0.15, 0.2) is 0 Å². The number of aromatic nitrogens is 2. The minimum absolute atomic E-state index is 0. The minimum Gasteiger partial charge on any atom is -0.493 e. The Hall–Kier alpha value is -0.940. The van der Waals surface area contributed by atoms with Crippen LogP contribution in [0, 0.1) is 0 Å². The summed E-state index contributed by atoms with van der Waals surface area (Å²) in [4.78, 5) is 7.99. The molecular formula is C8H7BrN2OS. The number of rotatable bonds is 1. The molecule has 0 aliphatic heterocycles. The average molecular weight is 259 g/mol. The SMILES string of the molecule is Br.Oc1csc(-c2ccccn2)n1. The summed E-state index contributed by atoms with van der Waals surface area (Å²) in [5, 5.41) is 11.3. The van der Waals surface area contributed by atoms with Crippen molar-refractivity contribution in [2.24, 2.45) is 0 Å². The number of hydrogen-bond acceptors (Lipinski definition) is 4. The van der Waals surface area contributed by atoms with Crippen LogP contribution in [0.2, 0.25) is 0 Å². The van der Waals surface area contributed by atoms with Crippen LogP contribution >= 0.6 is 28.3 Å². The largest absolute Gasteiger partial charge is 0.493 e. The fourth-order valence-electron chi connectivity index (χ4n) is 0.872. The highest BCUT2D eigenvalue weighted by Gasteiger charge is 2.02. The average Bonchev–Trinajstić information content (AvgIpc) is 2.54. The molecule has 5 heteroatoms. The van der Waals surface area contributed by atoms with Crippen LogP contribution in [0.4, 0.5) is 0 Å². The summed E-state index contributed by atoms with van der Waals surface area (Å²) in [6.45, 7) is 0. The highest BCUT2D eigenvalue weighted by atomic mass is 79.9. The van der Waals surface area contributed by atoms with Crippen LogP contribution in [-0.4, -0.2) is 15.1 Å². The van der Waals surface area contributed by atoms with E-state index in [-0.39, 0.29) is 22.9 Å². The van der Waals surface area contributed by atoms with E-state index < -0.39 is 0 Å². The molecule has 0 aliphatic carbocycles. The van der Waals surface area contributed by atoms with Crippen molar-refractivity contribution in [1.29, 1.82) is 0 Å². The number of hydrogen-bond donors (Lipinski definition) is 1. The van der Waals surface area contributed by atoms with E-state index in [1.54, 1.807) is 11.6 Å². The van der Waals surface area contributed by atoms with Gasteiger partial charge in [0.05, 0.1) is 11.1 Å². The van der Waals surface area contributed by atoms with Gasteiger partial charge >= 0.3 is 0 Å². The van der Waals surface area contributed by atoms with Gasteiger partial charge in [0, 0.05) is 6.20 Å². The normalized spacial score (nSPS) is 9.23. The lowest BCUT2D eigenvalue weighted by Crippen LogP contribution is -1.78. The number of nitrogens with zero attached hydrogens (tertiary/aromatic N) is 2. The van der Waals surface area contributed by atoms with E-state index in [1.807, 2.05) is 18.2 Å². The summed E-state index contributed by atoms with van der Waals surface area (Å²) >= 11 is 1.38. The van der Waals surface area contributed by atoms with E-state index in [9.17, 15) is 0 Å². The topological polar surface area (TPSA) is 46.0 Å². The van der Waals surface area contributed by atoms with Gasteiger partial charge in [-0.3, -0.25) is 4.98 Å². The predicted molar refractivity (Wildman–Crippen MR) is 57.3 cm³/mol. The molecule has 0 spiro atoms. The maximum atomic E-state index is 8.99. The molecule has 68 valence electrons. The first-order valence-electron chi connectivity index (χ1n) is 3.42. The lowest BCUT2D eigenvalue weighted by atomic mass is 10.4. The van der Waals surface area contributed by atoms with Crippen molar-refractivity contribution in [3.63, 3.8) is 0 Å². The standard InChI is InChI=1S/C8H6N2OS.BrH/c11-7-5-12-8(10-7)6-3-1-2-4-9-6;/h1-5,11H;1H. The fourth-order valence-corrected chi connectivity index (χ4v) is 1.53. The zero-order chi connectivity index (χ0) is 8.39. The number of halogens is 1. The monoisotopic (exact) mass is 258 g/mol. The van der Waals surface area contributed by atoms with Gasteiger partial charge in [0.2, 0.25) is 5.88 Å². The Kier molecular flexibility index (Phi) is 3.39. The van der Waals surface area contributed by atoms with Crippen molar-refractivity contribution in [2.75, 3.05) is 0 Å². The molecule has 0 amide bonds. The Labute approximate surface area is 89.9 Å². The molecule has 2 aromatic rings. The summed E-state index contributed by atoms with van der Waals surface area (Å²) in [5.41, 5.74) is 0.794. The molecule has 0 bridgehead atoms. The zero-order valence-corrected chi connectivity index (χ0v) is 9.07. The molecular weight excluding hydrogens is 252 g/mol. The van der Waals surface area contributed by atoms with E-state index in [0.717, 1.165) is 10.7 Å². The second-order valence-corrected chi connectivity index (χ2v) is 3.08. The third-order valence-corrected chi connectivity index (χ3v) is 2.23. The lowest BCUT2D eigenvalue weighted by molar-refractivity contribution is 0.458. The van der Waals surface area contributed by atoms with Crippen molar-refractivity contribution >= 4 is 28.3 Å². The van der Waals surface area contributed by atoms with Gasteiger partial charge in [-0.1, -0.05) is 6.07 Å². The molecule has 0 fully saturated rings. The van der Waals surface area contributed by atoms with Gasteiger partial charge in [-0.15, -0.1) is 28.3 Å². The highest BCUT2D eigenvalue weighted by molar-refractivity contribution is 8.93. The Morgan fingerprint density at radius 2 is 2.15 bits per heavy atom. The maximum Gasteiger partial charge on any atom is 0.222 e. The first kappa shape index (κ1) is 10.1. The van der Waals surface area contributed by atoms with E-state index in [0.29, 0.717) is 0 Å². The lowest BCUT2D eigenvalue weighted by Gasteiger charge is -1.90. The van der Waals surface area contributed by atoms with Gasteiger partial charge < -0.3 is 5.11 Å². The van der Waals surface area contributed by atoms with E-state index in [4.69, 9.17) is 5.11 Å². The molecule has 0 saturated heterocycles. The summed E-state index contributed by atoms with van der Waals surface area (Å²) in [6, 6.07) is 5.59. The quantitative estimate of drug-likeness (QED) is 0.855. The van der Waals surface area contributed by atoms with E-state index >= 15 is 0 Å². The van der Waals surface area contributed by atoms with Crippen LogP contribution in [0.15, 0.2) is 29.8 Å². The third kappa shape index (κ3) is 2.26. The number of aromatic hydroxyl groups is 1. The first-order chi connectivity index (χ1) is 5.86. The maximum absolute atomic E-state index is 8.99. The molecule has 1 N–H and O–H groups in total. The predicted octanol–water partition coefficient (Wildman–Crippen LogP) is 2.49. The van der Waals surface area contributed by atoms with Gasteiger partial charge in [0.1, 0.15) is 5.01 Å². The molecule has 2 rings (SSSR count). The molecule has 13 heavy (non-hydrogen) atoms. The minimum atomic E-state index is 0. The zero-order valence-electron chi connectivity index (χ0n) is 6.54. The second-order valence-electron chi connectivity index (χ2n) is 2.23. The van der Waals surface area contributed by atoms with Crippen molar-refractivity contribution in [1.82, 2.24) is 9.97 Å². The van der Waals surface area contributed by atoms with Gasteiger partial charge in [-0.25, -0.2) is 4.98 Å². The molecule has 0 aromatic carbocycles. The summed E-state index contributed by atoms with van der Waals surface area (Å²) in [5.74, 6) is 0.0562. The van der Waals surface area contributed by atoms with Gasteiger partial charge in [0.25, 0.3) is 0 Å². The van der Waals surface area contributed by atoms with Crippen LogP contribution < -0.4 is 0 Å². The van der Waals surface area contributed by atoms with Crippen LogP contribution in [0.25, 0.3) is 10.7 Å². The Balaban J connectivity index is 0.000000845. The molecule has 3 nitrogen and oxygen atoms in total. The Morgan fingerprint density at radius 3 is 2.69 bits per heavy atom. The van der Waals surface area contributed by atoms with Crippen LogP contribution in [0.3, 0.4) is 0 Å². The number of thiazole rings is 1. The Bertz CT molecular complexity index is 377. The molecule has 0 radical (unpaired) electrons. The molecule has 0 atom stereocenters. The second kappa shape index (κ2) is 4.34. The van der Waals surface area contributed by atoms with Gasteiger partial charge in [-0.2, -0.15) is 0 Å². The third-order valence-electron chi connectivity index (χ3n) is 1.38. The van der Waals surface area contributed by atoms with Crippen molar-refractivity contribution < 1.29 is 5.11 Å². The first-order valence-corrected chi connectivity index (χ1v) is 4.30. The Morgan fingerprint density at radius 1 is 1.31 bits per heavy atom. The number of pyridine rings is 1. The highest BCUT2D eigenvalue weighted by Crippen LogP contribution is 2.23. The van der Waals surface area contributed by atoms with Crippen molar-refractivity contribution in [2.45, 2.75) is 0 Å². The van der Waals surface area contributed by atoms with Crippen molar-refractivity contribution in [3.05, 3.63) is 29.8 Å². The molecule has 0 aliphatic rings. The van der Waals surface area contributed by atoms with Gasteiger partial charge in [-0.05, 0) is 12.1 Å². The molecule has 0 unspecified atom stereocenters. The summed E-state index contributed by atoms with van der Waals surface area (Å²) < 4.78 is 0. The molecule has 0 saturated carbocycles. The van der Waals surface area contributed by atoms with E-state index in [2.05, 4.69) is 9.97 Å². The van der Waals surface area contributed by atoms with Crippen molar-refractivity contribution in [3.8, 4) is 16.6 Å². The van der Waals surface area contributed by atoms with E-state index in [1.165, 1.54) is 11.3 Å². The smallest absolute Gasteiger partial charge is 0.222 e. The van der Waals surface area contributed by atoms with Crippen LogP contribution in [0.5, 0.6) is 5.88 Å². The molecule has 2 heterocycles.